The van der Waals surface area contributed by atoms with E-state index in [2.05, 4.69) is 70.7 Å². The van der Waals surface area contributed by atoms with E-state index < -0.39 is 5.54 Å². The predicted octanol–water partition coefficient (Wildman–Crippen LogP) is 4.88. The van der Waals surface area contributed by atoms with E-state index in [1.807, 2.05) is 0 Å². The molecule has 1 unspecified atom stereocenters. The van der Waals surface area contributed by atoms with Crippen LogP contribution in [-0.4, -0.2) is 44.6 Å². The monoisotopic (exact) mass is 365 g/mol. The molecule has 0 aromatic rings. The van der Waals surface area contributed by atoms with Crippen LogP contribution in [0.25, 0.3) is 0 Å². The number of hydrogen-bond donors (Lipinski definition) is 1. The zero-order valence-electron chi connectivity index (χ0n) is 18.7. The smallest absolute Gasteiger partial charge is 0.256 e. The molecule has 2 rings (SSSR count). The zero-order valence-corrected chi connectivity index (χ0v) is 18.7. The third-order valence-corrected chi connectivity index (χ3v) is 6.36. The third-order valence-electron chi connectivity index (χ3n) is 6.36. The van der Waals surface area contributed by atoms with E-state index in [-0.39, 0.29) is 22.5 Å². The molecule has 0 bridgehead atoms. The van der Waals surface area contributed by atoms with Gasteiger partial charge >= 0.3 is 0 Å². The molecule has 2 fully saturated rings. The van der Waals surface area contributed by atoms with Crippen LogP contribution in [-0.2, 0) is 4.79 Å². The molecule has 4 nitrogen and oxygen atoms in total. The summed E-state index contributed by atoms with van der Waals surface area (Å²) in [6, 6.07) is 0. The van der Waals surface area contributed by atoms with Crippen molar-refractivity contribution >= 4 is 5.91 Å². The highest BCUT2D eigenvalue weighted by atomic mass is 16.2. The number of rotatable bonds is 6. The zero-order chi connectivity index (χ0) is 19.8. The minimum atomic E-state index is -0.473. The second-order valence-electron chi connectivity index (χ2n) is 10.8. The molecule has 2 heterocycles. The number of piperazine rings is 1. The van der Waals surface area contributed by atoms with Crippen molar-refractivity contribution in [3.8, 4) is 0 Å². The molecule has 0 spiro atoms. The second kappa shape index (κ2) is 7.43. The van der Waals surface area contributed by atoms with Gasteiger partial charge in [-0.15, -0.1) is 0 Å². The van der Waals surface area contributed by atoms with Crippen molar-refractivity contribution in [3.63, 3.8) is 0 Å². The van der Waals surface area contributed by atoms with E-state index in [9.17, 15) is 4.79 Å². The van der Waals surface area contributed by atoms with Crippen molar-refractivity contribution in [3.05, 3.63) is 0 Å². The number of nitrogens with zero attached hydrogens (tertiary/aromatic N) is 2. The predicted molar refractivity (Wildman–Crippen MR) is 110 cm³/mol. The van der Waals surface area contributed by atoms with Gasteiger partial charge in [-0.25, -0.2) is 5.01 Å². The highest BCUT2D eigenvalue weighted by Crippen LogP contribution is 2.42. The van der Waals surface area contributed by atoms with Crippen LogP contribution in [0.4, 0.5) is 0 Å². The van der Waals surface area contributed by atoms with E-state index in [0.29, 0.717) is 0 Å². The maximum Gasteiger partial charge on any atom is 0.256 e. The molecule has 0 aromatic heterocycles. The van der Waals surface area contributed by atoms with Crippen molar-refractivity contribution in [2.45, 2.75) is 129 Å². The molecule has 152 valence electrons. The molecule has 0 aliphatic carbocycles. The molecule has 1 atom stereocenters. The fraction of sp³-hybridized carbons (Fsp3) is 0.955. The SMILES string of the molecule is CCCCCCC1(C)NC(C)(C)CN(N2C(C)(C)CCCC2(C)C)C1=O. The Balaban J connectivity index is 2.30. The first-order chi connectivity index (χ1) is 11.8. The Hall–Kier alpha value is -0.610. The summed E-state index contributed by atoms with van der Waals surface area (Å²) in [5, 5.41) is 8.25. The first-order valence-electron chi connectivity index (χ1n) is 10.8. The molecule has 1 N–H and O–H groups in total. The molecule has 2 saturated heterocycles. The Kier molecular flexibility index (Phi) is 6.19. The van der Waals surface area contributed by atoms with Gasteiger partial charge in [0.05, 0.1) is 12.1 Å². The molecule has 1 amide bonds. The van der Waals surface area contributed by atoms with Gasteiger partial charge in [-0.3, -0.25) is 15.1 Å². The Bertz CT molecular complexity index is 496. The van der Waals surface area contributed by atoms with Crippen LogP contribution >= 0.6 is 0 Å². The van der Waals surface area contributed by atoms with Crippen molar-refractivity contribution in [1.29, 1.82) is 0 Å². The number of hydrazine groups is 1. The maximum atomic E-state index is 13.7. The van der Waals surface area contributed by atoms with Gasteiger partial charge in [-0.2, -0.15) is 0 Å². The number of amides is 1. The summed E-state index contributed by atoms with van der Waals surface area (Å²) in [6.07, 6.45) is 9.23. The Morgan fingerprint density at radius 1 is 0.923 bits per heavy atom. The molecular formula is C22H43N3O. The molecule has 0 saturated carbocycles. The van der Waals surface area contributed by atoms with Gasteiger partial charge < -0.3 is 0 Å². The quantitative estimate of drug-likeness (QED) is 0.681. The number of nitrogens with one attached hydrogen (secondary N) is 1. The van der Waals surface area contributed by atoms with Crippen LogP contribution in [0.2, 0.25) is 0 Å². The van der Waals surface area contributed by atoms with Crippen molar-refractivity contribution in [1.82, 2.24) is 15.3 Å². The number of piperidine rings is 1. The van der Waals surface area contributed by atoms with Crippen molar-refractivity contribution < 1.29 is 4.79 Å². The van der Waals surface area contributed by atoms with Crippen LogP contribution in [0.15, 0.2) is 0 Å². The molecule has 0 radical (unpaired) electrons. The van der Waals surface area contributed by atoms with Gasteiger partial charge in [-0.05, 0) is 74.1 Å². The second-order valence-corrected chi connectivity index (χ2v) is 10.8. The van der Waals surface area contributed by atoms with E-state index in [0.717, 1.165) is 32.2 Å². The molecule has 4 heteroatoms. The minimum absolute atomic E-state index is 0.00789. The van der Waals surface area contributed by atoms with Crippen LogP contribution in [0, 0.1) is 0 Å². The molecule has 2 aliphatic heterocycles. The van der Waals surface area contributed by atoms with Gasteiger partial charge in [0.25, 0.3) is 5.91 Å². The number of carbonyl (C=O) groups is 1. The fourth-order valence-corrected chi connectivity index (χ4v) is 5.45. The van der Waals surface area contributed by atoms with E-state index in [4.69, 9.17) is 0 Å². The van der Waals surface area contributed by atoms with Crippen LogP contribution in [0.5, 0.6) is 0 Å². The normalized spacial score (nSPS) is 31.2. The lowest BCUT2D eigenvalue weighted by atomic mass is 9.80. The molecule has 0 aromatic carbocycles. The lowest BCUT2D eigenvalue weighted by Crippen LogP contribution is -2.78. The van der Waals surface area contributed by atoms with Crippen LogP contribution in [0.3, 0.4) is 0 Å². The standard InChI is InChI=1S/C22H43N3O/c1-9-10-11-12-16-22(8)18(26)24(17-19(2,3)23-22)25-20(4,5)14-13-15-21(25,6)7/h23H,9-17H2,1-8H3. The minimum Gasteiger partial charge on any atom is -0.297 e. The summed E-state index contributed by atoms with van der Waals surface area (Å²) in [5.41, 5.74) is -0.544. The average molecular weight is 366 g/mol. The van der Waals surface area contributed by atoms with Gasteiger partial charge in [0.2, 0.25) is 0 Å². The largest absolute Gasteiger partial charge is 0.297 e. The third kappa shape index (κ3) is 4.44. The summed E-state index contributed by atoms with van der Waals surface area (Å²) >= 11 is 0. The maximum absolute atomic E-state index is 13.7. The van der Waals surface area contributed by atoms with Crippen LogP contribution < -0.4 is 5.32 Å². The lowest BCUT2D eigenvalue weighted by molar-refractivity contribution is -0.214. The number of hydrogen-bond acceptors (Lipinski definition) is 3. The first-order valence-corrected chi connectivity index (χ1v) is 10.8. The Morgan fingerprint density at radius 3 is 2.04 bits per heavy atom. The highest BCUT2D eigenvalue weighted by molar-refractivity contribution is 5.87. The number of unbranched alkanes of at least 4 members (excludes halogenated alkanes) is 3. The van der Waals surface area contributed by atoms with Gasteiger partial charge in [0.15, 0.2) is 0 Å². The van der Waals surface area contributed by atoms with E-state index in [1.165, 1.54) is 25.7 Å². The first kappa shape index (κ1) is 21.7. The topological polar surface area (TPSA) is 35.6 Å². The van der Waals surface area contributed by atoms with Crippen molar-refractivity contribution in [2.75, 3.05) is 6.54 Å². The molecule has 2 aliphatic rings. The highest BCUT2D eigenvalue weighted by Gasteiger charge is 2.53. The Morgan fingerprint density at radius 2 is 1.50 bits per heavy atom. The average Bonchev–Trinajstić information content (AvgIpc) is 2.46. The summed E-state index contributed by atoms with van der Waals surface area (Å²) in [4.78, 5) is 13.7. The van der Waals surface area contributed by atoms with Gasteiger partial charge in [0.1, 0.15) is 0 Å². The molecule has 26 heavy (non-hydrogen) atoms. The summed E-state index contributed by atoms with van der Waals surface area (Å²) in [6.45, 7) is 18.8. The van der Waals surface area contributed by atoms with Crippen LogP contribution in [0.1, 0.15) is 107 Å². The summed E-state index contributed by atoms with van der Waals surface area (Å²) in [5.74, 6) is 0.261. The Labute approximate surface area is 162 Å². The van der Waals surface area contributed by atoms with Gasteiger partial charge in [-0.1, -0.05) is 32.6 Å². The van der Waals surface area contributed by atoms with Crippen molar-refractivity contribution in [2.24, 2.45) is 0 Å². The number of carbonyl (C=O) groups excluding carboxylic acids is 1. The van der Waals surface area contributed by atoms with E-state index in [1.54, 1.807) is 0 Å². The van der Waals surface area contributed by atoms with Gasteiger partial charge in [0, 0.05) is 16.6 Å². The summed E-state index contributed by atoms with van der Waals surface area (Å²) in [7, 11) is 0. The van der Waals surface area contributed by atoms with E-state index >= 15 is 0 Å². The molecular weight excluding hydrogens is 322 g/mol. The summed E-state index contributed by atoms with van der Waals surface area (Å²) < 4.78 is 0. The fourth-order valence-electron chi connectivity index (χ4n) is 5.45. The lowest BCUT2D eigenvalue weighted by Gasteiger charge is -2.61.